The van der Waals surface area contributed by atoms with Crippen LogP contribution in [0.15, 0.2) is 76.2 Å². The molecule has 0 saturated carbocycles. The van der Waals surface area contributed by atoms with Crippen molar-refractivity contribution in [1.82, 2.24) is 0 Å². The number of methoxy groups -OCH3 is 1. The highest BCUT2D eigenvalue weighted by Crippen LogP contribution is 2.39. The second-order valence-corrected chi connectivity index (χ2v) is 7.10. The van der Waals surface area contributed by atoms with Gasteiger partial charge in [0, 0.05) is 5.69 Å². The Labute approximate surface area is 148 Å². The topological polar surface area (TPSA) is 60.7 Å². The number of fused-ring (bicyclic) bond motifs is 1. The van der Waals surface area contributed by atoms with Gasteiger partial charge in [-0.25, -0.2) is 0 Å². The minimum Gasteiger partial charge on any atom is -0.497 e. The van der Waals surface area contributed by atoms with E-state index < -0.39 is 22.3 Å². The van der Waals surface area contributed by atoms with E-state index in [4.69, 9.17) is 13.9 Å². The molecule has 2 aromatic carbocycles. The van der Waals surface area contributed by atoms with Gasteiger partial charge in [0.2, 0.25) is 5.44 Å². The van der Waals surface area contributed by atoms with Crippen molar-refractivity contribution in [2.75, 3.05) is 12.4 Å². The summed E-state index contributed by atoms with van der Waals surface area (Å²) in [4.78, 5) is 0.709. The molecule has 2 heterocycles. The van der Waals surface area contributed by atoms with Gasteiger partial charge in [0.25, 0.3) is 0 Å². The maximum absolute atomic E-state index is 12.9. The zero-order chi connectivity index (χ0) is 17.2. The number of ether oxygens (including phenoxy) is 2. The van der Waals surface area contributed by atoms with Crippen LogP contribution in [0.2, 0.25) is 0 Å². The van der Waals surface area contributed by atoms with Gasteiger partial charge in [-0.1, -0.05) is 12.1 Å². The highest BCUT2D eigenvalue weighted by molar-refractivity contribution is 7.86. The Morgan fingerprint density at radius 1 is 1.08 bits per heavy atom. The van der Waals surface area contributed by atoms with Crippen LogP contribution in [0.5, 0.6) is 11.5 Å². The molecule has 1 aliphatic rings. The highest BCUT2D eigenvalue weighted by Gasteiger charge is 2.39. The molecule has 1 aliphatic heterocycles. The lowest BCUT2D eigenvalue weighted by Gasteiger charge is -2.23. The van der Waals surface area contributed by atoms with Gasteiger partial charge in [0.1, 0.15) is 34.1 Å². The first kappa shape index (κ1) is 15.8. The lowest BCUT2D eigenvalue weighted by Crippen LogP contribution is -2.30. The van der Waals surface area contributed by atoms with Crippen molar-refractivity contribution < 1.29 is 18.1 Å². The molecule has 0 saturated heterocycles. The highest BCUT2D eigenvalue weighted by atomic mass is 32.2. The van der Waals surface area contributed by atoms with E-state index in [1.54, 1.807) is 13.4 Å². The molecule has 4 rings (SSSR count). The number of nitrogens with one attached hydrogen (secondary N) is 1. The quantitative estimate of drug-likeness (QED) is 0.750. The van der Waals surface area contributed by atoms with Gasteiger partial charge in [0.15, 0.2) is 0 Å². The van der Waals surface area contributed by atoms with Crippen LogP contribution in [-0.2, 0) is 10.8 Å². The Hall–Kier alpha value is -2.73. The van der Waals surface area contributed by atoms with Gasteiger partial charge >= 0.3 is 0 Å². The zero-order valence-electron chi connectivity index (χ0n) is 13.5. The molecular weight excluding hydrogens is 338 g/mol. The van der Waals surface area contributed by atoms with E-state index in [1.165, 1.54) is 0 Å². The predicted octanol–water partition coefficient (Wildman–Crippen LogP) is 3.97. The lowest BCUT2D eigenvalue weighted by molar-refractivity contribution is 0.253. The summed E-state index contributed by atoms with van der Waals surface area (Å²) < 4.78 is 29.6. The molecule has 128 valence electrons. The Balaban J connectivity index is 1.65. The van der Waals surface area contributed by atoms with Crippen molar-refractivity contribution in [3.05, 3.63) is 72.7 Å². The molecule has 0 amide bonds. The fraction of sp³-hybridized carbons (Fsp3) is 0.158. The van der Waals surface area contributed by atoms with E-state index in [1.807, 2.05) is 60.7 Å². The molecule has 0 bridgehead atoms. The molecule has 5 nitrogen and oxygen atoms in total. The van der Waals surface area contributed by atoms with Crippen molar-refractivity contribution in [2.24, 2.45) is 0 Å². The molecule has 0 radical (unpaired) electrons. The van der Waals surface area contributed by atoms with E-state index >= 15 is 0 Å². The maximum atomic E-state index is 12.9. The van der Waals surface area contributed by atoms with Gasteiger partial charge in [-0.15, -0.1) is 0 Å². The van der Waals surface area contributed by atoms with Crippen LogP contribution in [0, 0.1) is 0 Å². The van der Waals surface area contributed by atoms with Gasteiger partial charge in [-0.3, -0.25) is 4.21 Å². The number of para-hydroxylation sites is 1. The molecule has 25 heavy (non-hydrogen) atoms. The molecule has 0 spiro atoms. The first-order valence-corrected chi connectivity index (χ1v) is 9.08. The van der Waals surface area contributed by atoms with E-state index in [-0.39, 0.29) is 0 Å². The van der Waals surface area contributed by atoms with Crippen LogP contribution in [-0.4, -0.2) is 16.8 Å². The van der Waals surface area contributed by atoms with Crippen molar-refractivity contribution in [1.29, 1.82) is 0 Å². The smallest absolute Gasteiger partial charge is 0.204 e. The third-order valence-corrected chi connectivity index (χ3v) is 5.62. The van der Waals surface area contributed by atoms with E-state index in [0.29, 0.717) is 16.4 Å². The average molecular weight is 355 g/mol. The van der Waals surface area contributed by atoms with E-state index in [0.717, 1.165) is 11.4 Å². The fourth-order valence-corrected chi connectivity index (χ4v) is 4.23. The number of hydrogen-bond acceptors (Lipinski definition) is 5. The summed E-state index contributed by atoms with van der Waals surface area (Å²) in [6.07, 6.45) is 1.60. The number of benzene rings is 2. The molecule has 1 N–H and O–H groups in total. The third kappa shape index (κ3) is 3.00. The summed E-state index contributed by atoms with van der Waals surface area (Å²) >= 11 is 0. The molecule has 3 aromatic rings. The molecule has 0 unspecified atom stereocenters. The van der Waals surface area contributed by atoms with Gasteiger partial charge in [-0.2, -0.15) is 0 Å². The fourth-order valence-electron chi connectivity index (χ4n) is 2.81. The Morgan fingerprint density at radius 3 is 2.56 bits per heavy atom. The lowest BCUT2D eigenvalue weighted by atomic mass is 10.2. The first-order chi connectivity index (χ1) is 12.3. The molecule has 0 aliphatic carbocycles. The second kappa shape index (κ2) is 6.64. The van der Waals surface area contributed by atoms with Crippen LogP contribution in [0.4, 0.5) is 5.69 Å². The van der Waals surface area contributed by atoms with Crippen molar-refractivity contribution in [3.63, 3.8) is 0 Å². The Kier molecular flexibility index (Phi) is 4.19. The monoisotopic (exact) mass is 355 g/mol. The number of furan rings is 1. The maximum Gasteiger partial charge on any atom is 0.204 e. The van der Waals surface area contributed by atoms with Crippen molar-refractivity contribution >= 4 is 16.5 Å². The number of hydrogen-bond donors (Lipinski definition) is 1. The van der Waals surface area contributed by atoms with Gasteiger partial charge < -0.3 is 19.2 Å². The van der Waals surface area contributed by atoms with Crippen LogP contribution in [0.1, 0.15) is 11.8 Å². The van der Waals surface area contributed by atoms with Crippen LogP contribution < -0.4 is 14.8 Å². The molecule has 0 fully saturated rings. The van der Waals surface area contributed by atoms with Crippen LogP contribution in [0.25, 0.3) is 0 Å². The van der Waals surface area contributed by atoms with E-state index in [2.05, 4.69) is 5.32 Å². The molecule has 1 aromatic heterocycles. The average Bonchev–Trinajstić information content (AvgIpc) is 3.29. The summed E-state index contributed by atoms with van der Waals surface area (Å²) in [5.74, 6) is 2.09. The normalized spacial score (nSPS) is 19.7. The Morgan fingerprint density at radius 2 is 1.88 bits per heavy atom. The van der Waals surface area contributed by atoms with Gasteiger partial charge in [0.05, 0.1) is 18.3 Å². The second-order valence-electron chi connectivity index (χ2n) is 5.60. The minimum absolute atomic E-state index is 0.392. The summed E-state index contributed by atoms with van der Waals surface area (Å²) in [5.41, 5.74) is 0.282. The summed E-state index contributed by atoms with van der Waals surface area (Å²) in [7, 11) is 0.326. The minimum atomic E-state index is -1.30. The van der Waals surface area contributed by atoms with E-state index in [9.17, 15) is 4.21 Å². The summed E-state index contributed by atoms with van der Waals surface area (Å²) in [5, 5.41) is 3.37. The third-order valence-electron chi connectivity index (χ3n) is 4.05. The molecule has 3 atom stereocenters. The SMILES string of the molecule is COc1ccc(N[C@H](c2ccco2)[C@H]2Oc3ccccc3[S@@]2=O)cc1. The van der Waals surface area contributed by atoms with Crippen LogP contribution >= 0.6 is 0 Å². The predicted molar refractivity (Wildman–Crippen MR) is 95.3 cm³/mol. The van der Waals surface area contributed by atoms with Crippen molar-refractivity contribution in [3.8, 4) is 11.5 Å². The first-order valence-electron chi connectivity index (χ1n) is 7.86. The van der Waals surface area contributed by atoms with Gasteiger partial charge in [-0.05, 0) is 48.5 Å². The Bertz CT molecular complexity index is 877. The summed E-state index contributed by atoms with van der Waals surface area (Å²) in [6.45, 7) is 0. The molecular formula is C19H17NO4S. The number of rotatable bonds is 5. The largest absolute Gasteiger partial charge is 0.497 e. The molecule has 6 heteroatoms. The van der Waals surface area contributed by atoms with Crippen LogP contribution in [0.3, 0.4) is 0 Å². The van der Waals surface area contributed by atoms with Crippen molar-refractivity contribution in [2.45, 2.75) is 16.4 Å². The zero-order valence-corrected chi connectivity index (χ0v) is 14.4. The standard InChI is InChI=1S/C19H17NO4S/c1-22-14-10-8-13(9-11-14)20-18(16-6-4-12-23-16)19-24-15-5-2-3-7-17(15)25(19)21/h2-12,18-20H,1H3/t18-,19+,25+/m1/s1. The summed E-state index contributed by atoms with van der Waals surface area (Å²) in [6, 6.07) is 18.2. The number of anilines is 1.